The summed E-state index contributed by atoms with van der Waals surface area (Å²) in [7, 11) is 2.13. The van der Waals surface area contributed by atoms with Crippen LogP contribution in [-0.4, -0.2) is 53.8 Å². The molecular formula is C37H44N4O4. The van der Waals surface area contributed by atoms with Crippen LogP contribution < -0.4 is 10.6 Å². The first kappa shape index (κ1) is 32.3. The molecule has 8 nitrogen and oxygen atoms in total. The average molecular weight is 609 g/mol. The molecule has 0 bridgehead atoms. The van der Waals surface area contributed by atoms with Crippen molar-refractivity contribution < 1.29 is 19.4 Å². The van der Waals surface area contributed by atoms with Crippen LogP contribution in [-0.2, 0) is 29.0 Å². The number of carbonyl (C=O) groups excluding carboxylic acids is 1. The molecule has 1 fully saturated rings. The van der Waals surface area contributed by atoms with Crippen LogP contribution in [0.15, 0.2) is 97.2 Å². The van der Waals surface area contributed by atoms with Crippen LogP contribution in [0.5, 0.6) is 0 Å². The Hall–Kier alpha value is -4.08. The van der Waals surface area contributed by atoms with Crippen molar-refractivity contribution in [1.29, 1.82) is 0 Å². The fourth-order valence-electron chi connectivity index (χ4n) is 5.71. The van der Waals surface area contributed by atoms with E-state index in [1.165, 1.54) is 0 Å². The molecule has 45 heavy (non-hydrogen) atoms. The Morgan fingerprint density at radius 3 is 2.40 bits per heavy atom. The molecule has 2 heterocycles. The zero-order chi connectivity index (χ0) is 31.6. The van der Waals surface area contributed by atoms with Crippen molar-refractivity contribution in [2.45, 2.75) is 51.9 Å². The maximum Gasteiger partial charge on any atom is 0.315 e. The number of aromatic nitrogens is 1. The number of ether oxygens (including phenoxy) is 2. The van der Waals surface area contributed by atoms with Crippen LogP contribution in [0.4, 0.5) is 4.79 Å². The van der Waals surface area contributed by atoms with Crippen LogP contribution in [0, 0.1) is 5.92 Å². The largest absolute Gasteiger partial charge is 0.392 e. The van der Waals surface area contributed by atoms with E-state index in [4.69, 9.17) is 9.47 Å². The van der Waals surface area contributed by atoms with Crippen molar-refractivity contribution in [3.63, 3.8) is 0 Å². The lowest BCUT2D eigenvalue weighted by atomic mass is 9.90. The molecule has 1 aliphatic rings. The summed E-state index contributed by atoms with van der Waals surface area (Å²) in [4.78, 5) is 18.7. The highest BCUT2D eigenvalue weighted by Crippen LogP contribution is 2.42. The molecule has 236 valence electrons. The number of benzene rings is 3. The lowest BCUT2D eigenvalue weighted by molar-refractivity contribution is -0.275. The third-order valence-corrected chi connectivity index (χ3v) is 8.30. The highest BCUT2D eigenvalue weighted by atomic mass is 16.7. The molecule has 0 radical (unpaired) electrons. The number of pyridine rings is 1. The Morgan fingerprint density at radius 2 is 1.67 bits per heavy atom. The summed E-state index contributed by atoms with van der Waals surface area (Å²) in [5, 5.41) is 15.3. The monoisotopic (exact) mass is 608 g/mol. The van der Waals surface area contributed by atoms with Gasteiger partial charge in [-0.05, 0) is 66.1 Å². The number of nitrogens with one attached hydrogen (secondary N) is 2. The smallest absolute Gasteiger partial charge is 0.315 e. The number of carbonyl (C=O) groups is 1. The van der Waals surface area contributed by atoms with Gasteiger partial charge in [0.1, 0.15) is 0 Å². The van der Waals surface area contributed by atoms with Gasteiger partial charge in [-0.2, -0.15) is 0 Å². The number of amides is 2. The lowest BCUT2D eigenvalue weighted by Gasteiger charge is -2.42. The van der Waals surface area contributed by atoms with Crippen molar-refractivity contribution >= 4 is 6.03 Å². The number of likely N-dealkylation sites (N-methyl/N-ethyl adjacent to an activating group) is 1. The highest BCUT2D eigenvalue weighted by molar-refractivity contribution is 5.74. The minimum Gasteiger partial charge on any atom is -0.392 e. The van der Waals surface area contributed by atoms with E-state index in [9.17, 15) is 9.90 Å². The van der Waals surface area contributed by atoms with Crippen LogP contribution >= 0.6 is 0 Å². The predicted octanol–water partition coefficient (Wildman–Crippen LogP) is 6.03. The Kier molecular flexibility index (Phi) is 11.3. The molecule has 4 unspecified atom stereocenters. The topological polar surface area (TPSA) is 96.0 Å². The molecule has 1 saturated heterocycles. The minimum atomic E-state index is -0.555. The van der Waals surface area contributed by atoms with Gasteiger partial charge in [0.15, 0.2) is 6.29 Å². The second-order valence-electron chi connectivity index (χ2n) is 11.7. The molecule has 0 spiro atoms. The lowest BCUT2D eigenvalue weighted by Crippen LogP contribution is -2.43. The van der Waals surface area contributed by atoms with Crippen molar-refractivity contribution in [3.8, 4) is 11.1 Å². The quantitative estimate of drug-likeness (QED) is 0.182. The number of aliphatic hydroxyl groups is 1. The average Bonchev–Trinajstić information content (AvgIpc) is 3.08. The summed E-state index contributed by atoms with van der Waals surface area (Å²) < 4.78 is 13.5. The van der Waals surface area contributed by atoms with E-state index in [0.717, 1.165) is 58.6 Å². The number of urea groups is 1. The number of hydrogen-bond donors (Lipinski definition) is 3. The van der Waals surface area contributed by atoms with Crippen molar-refractivity contribution in [2.24, 2.45) is 5.92 Å². The molecule has 8 heteroatoms. The third-order valence-electron chi connectivity index (χ3n) is 8.30. The van der Waals surface area contributed by atoms with E-state index in [-0.39, 0.29) is 30.8 Å². The van der Waals surface area contributed by atoms with Crippen molar-refractivity contribution in [1.82, 2.24) is 20.5 Å². The Balaban J connectivity index is 1.36. The molecule has 0 aliphatic carbocycles. The van der Waals surface area contributed by atoms with Gasteiger partial charge in [-0.1, -0.05) is 73.7 Å². The molecule has 5 rings (SSSR count). The van der Waals surface area contributed by atoms with Crippen molar-refractivity contribution in [2.75, 3.05) is 26.7 Å². The van der Waals surface area contributed by atoms with E-state index in [2.05, 4.69) is 70.9 Å². The summed E-state index contributed by atoms with van der Waals surface area (Å²) in [6, 6.07) is 30.4. The van der Waals surface area contributed by atoms with Crippen molar-refractivity contribution in [3.05, 3.63) is 125 Å². The summed E-state index contributed by atoms with van der Waals surface area (Å²) in [6.07, 6.45) is 1.89. The number of hydrogen-bond acceptors (Lipinski definition) is 6. The van der Waals surface area contributed by atoms with E-state index in [1.807, 2.05) is 67.7 Å². The van der Waals surface area contributed by atoms with E-state index in [1.54, 1.807) is 0 Å². The van der Waals surface area contributed by atoms with Gasteiger partial charge in [-0.3, -0.25) is 4.98 Å². The Bertz CT molecular complexity index is 1510. The van der Waals surface area contributed by atoms with Gasteiger partial charge < -0.3 is 30.1 Å². The second kappa shape index (κ2) is 15.8. The second-order valence-corrected chi connectivity index (χ2v) is 11.7. The fraction of sp³-hybridized carbons (Fsp3) is 0.351. The normalized spacial score (nSPS) is 19.8. The first-order valence-electron chi connectivity index (χ1n) is 15.7. The van der Waals surface area contributed by atoms with Crippen LogP contribution in [0.3, 0.4) is 0 Å². The SMILES string of the molecule is CCNC(=O)NCc1cccc(-c2cccc(C3OC(CN(C)CCc4ccccn4)C(C)C(c4ccc(CO)cc4)O3)c2)c1. The molecule has 2 amide bonds. The summed E-state index contributed by atoms with van der Waals surface area (Å²) >= 11 is 0. The molecule has 3 aromatic carbocycles. The van der Waals surface area contributed by atoms with Crippen LogP contribution in [0.1, 0.15) is 54.2 Å². The third kappa shape index (κ3) is 8.77. The summed E-state index contributed by atoms with van der Waals surface area (Å²) in [5.74, 6) is 0.0933. The number of nitrogens with zero attached hydrogens (tertiary/aromatic N) is 2. The van der Waals surface area contributed by atoms with Crippen LogP contribution in [0.2, 0.25) is 0 Å². The van der Waals surface area contributed by atoms with E-state index < -0.39 is 6.29 Å². The van der Waals surface area contributed by atoms with Gasteiger partial charge in [0.2, 0.25) is 0 Å². The molecule has 0 saturated carbocycles. The Labute approximate surface area is 266 Å². The zero-order valence-corrected chi connectivity index (χ0v) is 26.4. The molecule has 3 N–H and O–H groups in total. The maximum absolute atomic E-state index is 11.9. The maximum atomic E-state index is 11.9. The summed E-state index contributed by atoms with van der Waals surface area (Å²) in [6.45, 7) is 6.73. The minimum absolute atomic E-state index is 0.00672. The van der Waals surface area contributed by atoms with Gasteiger partial charge in [-0.15, -0.1) is 0 Å². The predicted molar refractivity (Wildman–Crippen MR) is 176 cm³/mol. The number of rotatable bonds is 12. The van der Waals surface area contributed by atoms with Gasteiger partial charge in [0.25, 0.3) is 0 Å². The van der Waals surface area contributed by atoms with E-state index in [0.29, 0.717) is 13.1 Å². The van der Waals surface area contributed by atoms with Gasteiger partial charge >= 0.3 is 6.03 Å². The van der Waals surface area contributed by atoms with Gasteiger partial charge in [-0.25, -0.2) is 4.79 Å². The Morgan fingerprint density at radius 1 is 0.889 bits per heavy atom. The molecule has 4 aromatic rings. The highest BCUT2D eigenvalue weighted by Gasteiger charge is 2.38. The molecular weight excluding hydrogens is 564 g/mol. The van der Waals surface area contributed by atoms with Gasteiger partial charge in [0.05, 0.1) is 18.8 Å². The van der Waals surface area contributed by atoms with Crippen LogP contribution in [0.25, 0.3) is 11.1 Å². The van der Waals surface area contributed by atoms with Gasteiger partial charge in [0, 0.05) is 56.0 Å². The van der Waals surface area contributed by atoms with E-state index >= 15 is 0 Å². The fourth-order valence-corrected chi connectivity index (χ4v) is 5.71. The molecule has 1 aromatic heterocycles. The standard InChI is InChI=1S/C37H44N4O4/c1-4-38-37(43)40-23-28-9-7-10-30(21-28)31-11-8-12-32(22-31)36-44-34(24-41(3)20-18-33-13-5-6-19-39-33)26(2)35(45-36)29-16-14-27(25-42)15-17-29/h5-17,19,21-22,26,34-36,42H,4,18,20,23-25H2,1-3H3,(H2,38,40,43). The summed E-state index contributed by atoms with van der Waals surface area (Å²) in [5.41, 5.74) is 7.08. The first-order chi connectivity index (χ1) is 21.9. The molecule has 4 atom stereocenters. The zero-order valence-electron chi connectivity index (χ0n) is 26.4. The first-order valence-corrected chi connectivity index (χ1v) is 15.7. The molecule has 1 aliphatic heterocycles. The number of aliphatic hydroxyl groups excluding tert-OH is 1.